The molecular weight excluding hydrogens is 815 g/mol. The molecule has 1 amide bonds. The summed E-state index contributed by atoms with van der Waals surface area (Å²) in [6.07, 6.45) is 68.2. The molecule has 3 unspecified atom stereocenters. The van der Waals surface area contributed by atoms with Crippen LogP contribution in [0.4, 0.5) is 0 Å². The number of hydrogen-bond donors (Lipinski definition) is 3. The zero-order valence-corrected chi connectivity index (χ0v) is 43.6. The fraction of sp³-hybridized carbons (Fsp3) is 0.767. The summed E-state index contributed by atoms with van der Waals surface area (Å²) in [6.45, 7) is 6.35. The summed E-state index contributed by atoms with van der Waals surface area (Å²) in [5.41, 5.74) is 0. The van der Waals surface area contributed by atoms with Crippen LogP contribution in [-0.4, -0.2) is 46.9 Å². The molecule has 0 rings (SSSR count). The predicted molar refractivity (Wildman–Crippen MR) is 287 cm³/mol. The van der Waals surface area contributed by atoms with E-state index in [1.54, 1.807) is 0 Å². The second-order valence-electron chi connectivity index (χ2n) is 19.1. The first-order valence-corrected chi connectivity index (χ1v) is 28.2. The number of hydrogen-bond acceptors (Lipinski definition) is 5. The molecule has 0 saturated heterocycles. The van der Waals surface area contributed by atoms with Gasteiger partial charge in [-0.15, -0.1) is 0 Å². The highest BCUT2D eigenvalue weighted by atomic mass is 16.5. The van der Waals surface area contributed by atoms with Crippen molar-refractivity contribution in [3.05, 3.63) is 72.9 Å². The minimum absolute atomic E-state index is 0.0480. The van der Waals surface area contributed by atoms with Crippen molar-refractivity contribution < 1.29 is 24.5 Å². The van der Waals surface area contributed by atoms with E-state index in [0.29, 0.717) is 19.3 Å². The summed E-state index contributed by atoms with van der Waals surface area (Å²) in [4.78, 5) is 26.2. The van der Waals surface area contributed by atoms with Gasteiger partial charge in [0.2, 0.25) is 5.91 Å². The van der Waals surface area contributed by atoms with Crippen molar-refractivity contribution in [1.82, 2.24) is 5.32 Å². The van der Waals surface area contributed by atoms with Gasteiger partial charge in [0.05, 0.1) is 25.2 Å². The third-order valence-corrected chi connectivity index (χ3v) is 12.6. The van der Waals surface area contributed by atoms with Crippen LogP contribution in [0.3, 0.4) is 0 Å². The molecule has 382 valence electrons. The van der Waals surface area contributed by atoms with Crippen molar-refractivity contribution in [2.45, 2.75) is 289 Å². The van der Waals surface area contributed by atoms with E-state index in [-0.39, 0.29) is 24.9 Å². The molecule has 0 fully saturated rings. The van der Waals surface area contributed by atoms with E-state index >= 15 is 0 Å². The molecule has 0 aromatic rings. The smallest absolute Gasteiger partial charge is 0.306 e. The van der Waals surface area contributed by atoms with Gasteiger partial charge in [-0.25, -0.2) is 0 Å². The molecule has 0 heterocycles. The summed E-state index contributed by atoms with van der Waals surface area (Å²) in [6, 6.07) is -0.719. The van der Waals surface area contributed by atoms with Crippen molar-refractivity contribution >= 4 is 11.9 Å². The molecular formula is C60H107NO5. The summed E-state index contributed by atoms with van der Waals surface area (Å²) in [5, 5.41) is 23.9. The molecule has 0 aliphatic rings. The quantitative estimate of drug-likeness (QED) is 0.0321. The van der Waals surface area contributed by atoms with Crippen LogP contribution in [0, 0.1) is 0 Å². The van der Waals surface area contributed by atoms with E-state index in [4.69, 9.17) is 4.74 Å². The van der Waals surface area contributed by atoms with E-state index in [1.807, 2.05) is 18.2 Å². The first-order chi connectivity index (χ1) is 32.5. The molecule has 6 heteroatoms. The maximum atomic E-state index is 13.3. The molecule has 6 nitrogen and oxygen atoms in total. The van der Waals surface area contributed by atoms with E-state index in [9.17, 15) is 19.8 Å². The lowest BCUT2D eigenvalue weighted by atomic mass is 10.0. The van der Waals surface area contributed by atoms with Gasteiger partial charge in [0, 0.05) is 6.42 Å². The van der Waals surface area contributed by atoms with Crippen LogP contribution in [0.1, 0.15) is 271 Å². The van der Waals surface area contributed by atoms with Crippen molar-refractivity contribution in [1.29, 1.82) is 0 Å². The number of allylic oxidation sites excluding steroid dienone is 12. The van der Waals surface area contributed by atoms with Crippen LogP contribution in [-0.2, 0) is 14.3 Å². The van der Waals surface area contributed by atoms with Gasteiger partial charge in [0.1, 0.15) is 6.10 Å². The molecule has 0 bridgehead atoms. The Bertz CT molecular complexity index is 1220. The Labute approximate surface area is 409 Å². The Hall–Kier alpha value is -2.70. The van der Waals surface area contributed by atoms with Crippen molar-refractivity contribution in [3.8, 4) is 0 Å². The topological polar surface area (TPSA) is 95.9 Å². The number of aliphatic hydroxyl groups is 2. The zero-order chi connectivity index (χ0) is 48.1. The summed E-state index contributed by atoms with van der Waals surface area (Å²) < 4.78 is 5.93. The number of ether oxygens (including phenoxy) is 1. The Morgan fingerprint density at radius 1 is 0.455 bits per heavy atom. The molecule has 0 saturated carbocycles. The number of rotatable bonds is 50. The van der Waals surface area contributed by atoms with Crippen molar-refractivity contribution in [2.24, 2.45) is 0 Å². The van der Waals surface area contributed by atoms with Gasteiger partial charge in [0.25, 0.3) is 0 Å². The molecule has 0 aliphatic carbocycles. The lowest BCUT2D eigenvalue weighted by Gasteiger charge is -2.24. The number of amides is 1. The van der Waals surface area contributed by atoms with Gasteiger partial charge in [-0.3, -0.25) is 9.59 Å². The highest BCUT2D eigenvalue weighted by Crippen LogP contribution is 2.18. The predicted octanol–water partition coefficient (Wildman–Crippen LogP) is 17.3. The number of carbonyl (C=O) groups excluding carboxylic acids is 2. The van der Waals surface area contributed by atoms with Gasteiger partial charge in [0.15, 0.2) is 0 Å². The van der Waals surface area contributed by atoms with Gasteiger partial charge in [-0.1, -0.05) is 261 Å². The Balaban J connectivity index is 4.64. The molecule has 0 aromatic heterocycles. The van der Waals surface area contributed by atoms with E-state index in [0.717, 1.165) is 96.3 Å². The highest BCUT2D eigenvalue weighted by molar-refractivity contribution is 5.77. The lowest BCUT2D eigenvalue weighted by molar-refractivity contribution is -0.151. The number of aliphatic hydroxyl groups excluding tert-OH is 2. The molecule has 0 spiro atoms. The number of esters is 1. The van der Waals surface area contributed by atoms with Gasteiger partial charge < -0.3 is 20.3 Å². The molecule has 0 aliphatic heterocycles. The molecule has 0 radical (unpaired) electrons. The first kappa shape index (κ1) is 63.3. The lowest BCUT2D eigenvalue weighted by Crippen LogP contribution is -2.46. The fourth-order valence-electron chi connectivity index (χ4n) is 8.37. The number of nitrogens with one attached hydrogen (secondary N) is 1. The third-order valence-electron chi connectivity index (χ3n) is 12.6. The molecule has 66 heavy (non-hydrogen) atoms. The van der Waals surface area contributed by atoms with E-state index in [1.165, 1.54) is 128 Å². The minimum Gasteiger partial charge on any atom is -0.462 e. The van der Waals surface area contributed by atoms with E-state index < -0.39 is 18.2 Å². The van der Waals surface area contributed by atoms with Crippen LogP contribution in [0.25, 0.3) is 0 Å². The van der Waals surface area contributed by atoms with Crippen LogP contribution >= 0.6 is 0 Å². The second kappa shape index (κ2) is 53.3. The largest absolute Gasteiger partial charge is 0.462 e. The average molecular weight is 923 g/mol. The SMILES string of the molecule is CC/C=C/C=C/C=C/C=C\CCCCCCCC(=O)OC(CCCCC/C=C/C=C/CCCCCCCCC)CC(=O)NC(CO)C(O)CCCCCCCCCCCCCCCCCC. The van der Waals surface area contributed by atoms with Gasteiger partial charge in [-0.05, 0) is 70.6 Å². The molecule has 3 N–H and O–H groups in total. The van der Waals surface area contributed by atoms with E-state index in [2.05, 4.69) is 80.8 Å². The Kier molecular flexibility index (Phi) is 51.1. The maximum absolute atomic E-state index is 13.3. The fourth-order valence-corrected chi connectivity index (χ4v) is 8.37. The van der Waals surface area contributed by atoms with Gasteiger partial charge >= 0.3 is 5.97 Å². The monoisotopic (exact) mass is 922 g/mol. The first-order valence-electron chi connectivity index (χ1n) is 28.2. The van der Waals surface area contributed by atoms with Crippen LogP contribution in [0.5, 0.6) is 0 Å². The number of unbranched alkanes of at least 4 members (excludes halogenated alkanes) is 30. The third kappa shape index (κ3) is 47.8. The molecule has 0 aromatic carbocycles. The second-order valence-corrected chi connectivity index (χ2v) is 19.1. The Morgan fingerprint density at radius 2 is 0.818 bits per heavy atom. The normalized spacial score (nSPS) is 13.7. The van der Waals surface area contributed by atoms with Crippen LogP contribution in [0.2, 0.25) is 0 Å². The van der Waals surface area contributed by atoms with Crippen LogP contribution < -0.4 is 5.32 Å². The standard InChI is InChI=1S/C60H107NO5/c1-4-7-10-13-16-19-22-25-28-31-33-36-39-42-45-48-51-56(66-60(65)53-50-47-44-41-38-35-30-27-24-21-18-15-12-9-6-3)54-59(64)61-57(55-62)58(63)52-49-46-43-40-37-34-32-29-26-23-20-17-14-11-8-5-2/h9,12,15,18,21,24,27-28,30-31,33,36,56-58,62-63H,4-8,10-11,13-14,16-17,19-20,22-23,25-26,29,32,34-35,37-55H2,1-3H3,(H,61,64)/b12-9+,18-15+,24-21+,30-27-,31-28+,36-33+. The number of carbonyl (C=O) groups is 2. The van der Waals surface area contributed by atoms with Gasteiger partial charge in [-0.2, -0.15) is 0 Å². The zero-order valence-electron chi connectivity index (χ0n) is 43.6. The summed E-state index contributed by atoms with van der Waals surface area (Å²) >= 11 is 0. The summed E-state index contributed by atoms with van der Waals surface area (Å²) in [7, 11) is 0. The maximum Gasteiger partial charge on any atom is 0.306 e. The average Bonchev–Trinajstić information content (AvgIpc) is 3.31. The Morgan fingerprint density at radius 3 is 1.27 bits per heavy atom. The molecule has 3 atom stereocenters. The van der Waals surface area contributed by atoms with Crippen molar-refractivity contribution in [2.75, 3.05) is 6.61 Å². The highest BCUT2D eigenvalue weighted by Gasteiger charge is 2.24. The summed E-state index contributed by atoms with van der Waals surface area (Å²) in [5.74, 6) is -0.524. The minimum atomic E-state index is -0.803. The van der Waals surface area contributed by atoms with Crippen LogP contribution in [0.15, 0.2) is 72.9 Å². The van der Waals surface area contributed by atoms with Crippen molar-refractivity contribution in [3.63, 3.8) is 0 Å².